The third-order valence-electron chi connectivity index (χ3n) is 3.19. The Morgan fingerprint density at radius 3 is 2.30 bits per heavy atom. The van der Waals surface area contributed by atoms with Crippen LogP contribution < -0.4 is 0 Å². The van der Waals surface area contributed by atoms with E-state index < -0.39 is 11.9 Å². The quantitative estimate of drug-likeness (QED) is 0.885. The van der Waals surface area contributed by atoms with E-state index in [1.807, 2.05) is 18.2 Å². The molecule has 0 heterocycles. The first-order chi connectivity index (χ1) is 9.56. The van der Waals surface area contributed by atoms with Gasteiger partial charge in [-0.05, 0) is 42.2 Å². The summed E-state index contributed by atoms with van der Waals surface area (Å²) in [4.78, 5) is 11.4. The van der Waals surface area contributed by atoms with Crippen molar-refractivity contribution >= 4 is 17.6 Å². The number of halogens is 1. The van der Waals surface area contributed by atoms with E-state index in [1.165, 1.54) is 0 Å². The summed E-state index contributed by atoms with van der Waals surface area (Å²) in [5.41, 5.74) is 1.71. The lowest BCUT2D eigenvalue weighted by atomic mass is 9.92. The Kier molecular flexibility index (Phi) is 4.64. The SMILES string of the molecule is O=C(O)C(Cc1ccc(O)cc1)Cc1ccccc1Cl. The van der Waals surface area contributed by atoms with Crippen LogP contribution in [0.4, 0.5) is 0 Å². The highest BCUT2D eigenvalue weighted by molar-refractivity contribution is 6.31. The van der Waals surface area contributed by atoms with Crippen LogP contribution in [0.1, 0.15) is 11.1 Å². The average molecular weight is 291 g/mol. The van der Waals surface area contributed by atoms with Crippen LogP contribution in [0.2, 0.25) is 5.02 Å². The smallest absolute Gasteiger partial charge is 0.307 e. The van der Waals surface area contributed by atoms with E-state index in [0.29, 0.717) is 17.9 Å². The molecule has 0 saturated heterocycles. The fourth-order valence-electron chi connectivity index (χ4n) is 2.09. The summed E-state index contributed by atoms with van der Waals surface area (Å²) in [6.07, 6.45) is 0.788. The largest absolute Gasteiger partial charge is 0.508 e. The van der Waals surface area contributed by atoms with Crippen molar-refractivity contribution in [3.05, 3.63) is 64.7 Å². The average Bonchev–Trinajstić information content (AvgIpc) is 2.42. The first-order valence-corrected chi connectivity index (χ1v) is 6.68. The van der Waals surface area contributed by atoms with E-state index >= 15 is 0 Å². The molecule has 4 heteroatoms. The molecule has 0 aliphatic carbocycles. The summed E-state index contributed by atoms with van der Waals surface area (Å²) in [5, 5.41) is 19.2. The van der Waals surface area contributed by atoms with Gasteiger partial charge in [-0.1, -0.05) is 41.9 Å². The van der Waals surface area contributed by atoms with Crippen molar-refractivity contribution in [3.8, 4) is 5.75 Å². The van der Waals surface area contributed by atoms with E-state index in [0.717, 1.165) is 11.1 Å². The van der Waals surface area contributed by atoms with E-state index in [-0.39, 0.29) is 5.75 Å². The number of aliphatic carboxylic acids is 1. The van der Waals surface area contributed by atoms with Gasteiger partial charge < -0.3 is 10.2 Å². The second-order valence-electron chi connectivity index (χ2n) is 4.70. The molecule has 0 spiro atoms. The number of carboxylic acids is 1. The predicted octanol–water partition coefficient (Wildman–Crippen LogP) is 3.53. The molecule has 2 aromatic carbocycles. The Balaban J connectivity index is 2.14. The predicted molar refractivity (Wildman–Crippen MR) is 78.1 cm³/mol. The molecule has 3 nitrogen and oxygen atoms in total. The van der Waals surface area contributed by atoms with Gasteiger partial charge in [0.2, 0.25) is 0 Å². The van der Waals surface area contributed by atoms with Gasteiger partial charge in [-0.3, -0.25) is 4.79 Å². The van der Waals surface area contributed by atoms with Gasteiger partial charge in [0.15, 0.2) is 0 Å². The molecule has 0 amide bonds. The van der Waals surface area contributed by atoms with Crippen LogP contribution in [0.15, 0.2) is 48.5 Å². The molecule has 0 aliphatic heterocycles. The molecule has 2 N–H and O–H groups in total. The Bertz CT molecular complexity index is 593. The van der Waals surface area contributed by atoms with Gasteiger partial charge in [0.25, 0.3) is 0 Å². The normalized spacial score (nSPS) is 12.1. The lowest BCUT2D eigenvalue weighted by molar-refractivity contribution is -0.141. The van der Waals surface area contributed by atoms with Crippen LogP contribution in [0, 0.1) is 5.92 Å². The van der Waals surface area contributed by atoms with Crippen LogP contribution in [0.5, 0.6) is 5.75 Å². The maximum atomic E-state index is 11.4. The lowest BCUT2D eigenvalue weighted by Crippen LogP contribution is -2.19. The molecule has 0 saturated carbocycles. The number of phenolic OH excluding ortho intramolecular Hbond substituents is 1. The van der Waals surface area contributed by atoms with Crippen LogP contribution in [-0.4, -0.2) is 16.2 Å². The number of hydrogen-bond acceptors (Lipinski definition) is 2. The Morgan fingerprint density at radius 2 is 1.70 bits per heavy atom. The van der Waals surface area contributed by atoms with Gasteiger partial charge in [0, 0.05) is 5.02 Å². The van der Waals surface area contributed by atoms with Gasteiger partial charge in [0.05, 0.1) is 5.92 Å². The maximum Gasteiger partial charge on any atom is 0.307 e. The highest BCUT2D eigenvalue weighted by Crippen LogP contribution is 2.22. The van der Waals surface area contributed by atoms with Gasteiger partial charge in [-0.2, -0.15) is 0 Å². The van der Waals surface area contributed by atoms with E-state index in [2.05, 4.69) is 0 Å². The van der Waals surface area contributed by atoms with Crippen molar-refractivity contribution in [1.82, 2.24) is 0 Å². The monoisotopic (exact) mass is 290 g/mol. The van der Waals surface area contributed by atoms with Crippen LogP contribution >= 0.6 is 11.6 Å². The van der Waals surface area contributed by atoms with Crippen molar-refractivity contribution in [2.75, 3.05) is 0 Å². The Labute approximate surface area is 122 Å². The molecule has 1 atom stereocenters. The van der Waals surface area contributed by atoms with E-state index in [9.17, 15) is 15.0 Å². The zero-order chi connectivity index (χ0) is 14.5. The van der Waals surface area contributed by atoms with Gasteiger partial charge in [-0.15, -0.1) is 0 Å². The Morgan fingerprint density at radius 1 is 1.05 bits per heavy atom. The number of benzene rings is 2. The van der Waals surface area contributed by atoms with Gasteiger partial charge in [0.1, 0.15) is 5.75 Å². The summed E-state index contributed by atoms with van der Waals surface area (Å²) < 4.78 is 0. The highest BCUT2D eigenvalue weighted by Gasteiger charge is 2.19. The number of carboxylic acid groups (broad SMARTS) is 1. The summed E-state index contributed by atoms with van der Waals surface area (Å²) in [5.74, 6) is -1.22. The van der Waals surface area contributed by atoms with Crippen molar-refractivity contribution < 1.29 is 15.0 Å². The summed E-state index contributed by atoms with van der Waals surface area (Å²) in [6, 6.07) is 13.9. The van der Waals surface area contributed by atoms with Crippen molar-refractivity contribution in [1.29, 1.82) is 0 Å². The third kappa shape index (κ3) is 3.75. The number of aromatic hydroxyl groups is 1. The van der Waals surface area contributed by atoms with Crippen LogP contribution in [0.25, 0.3) is 0 Å². The number of rotatable bonds is 5. The van der Waals surface area contributed by atoms with Crippen LogP contribution in [0.3, 0.4) is 0 Å². The highest BCUT2D eigenvalue weighted by atomic mass is 35.5. The van der Waals surface area contributed by atoms with Crippen molar-refractivity contribution in [2.45, 2.75) is 12.8 Å². The molecule has 0 radical (unpaired) electrons. The first-order valence-electron chi connectivity index (χ1n) is 6.30. The second kappa shape index (κ2) is 6.44. The zero-order valence-electron chi connectivity index (χ0n) is 10.8. The Hall–Kier alpha value is -2.00. The summed E-state index contributed by atoms with van der Waals surface area (Å²) in [6.45, 7) is 0. The summed E-state index contributed by atoms with van der Waals surface area (Å²) >= 11 is 6.07. The summed E-state index contributed by atoms with van der Waals surface area (Å²) in [7, 11) is 0. The number of phenols is 1. The first kappa shape index (κ1) is 14.4. The number of carbonyl (C=O) groups is 1. The molecular formula is C16H15ClO3. The topological polar surface area (TPSA) is 57.5 Å². The third-order valence-corrected chi connectivity index (χ3v) is 3.56. The minimum Gasteiger partial charge on any atom is -0.508 e. The maximum absolute atomic E-state index is 11.4. The van der Waals surface area contributed by atoms with E-state index in [1.54, 1.807) is 30.3 Å². The van der Waals surface area contributed by atoms with Gasteiger partial charge in [-0.25, -0.2) is 0 Å². The second-order valence-corrected chi connectivity index (χ2v) is 5.11. The van der Waals surface area contributed by atoms with Crippen molar-refractivity contribution in [2.24, 2.45) is 5.92 Å². The molecule has 1 unspecified atom stereocenters. The molecule has 0 bridgehead atoms. The minimum atomic E-state index is -0.849. The van der Waals surface area contributed by atoms with E-state index in [4.69, 9.17) is 11.6 Å². The minimum absolute atomic E-state index is 0.173. The molecule has 2 aromatic rings. The standard InChI is InChI=1S/C16H15ClO3/c17-15-4-2-1-3-12(15)10-13(16(19)20)9-11-5-7-14(18)8-6-11/h1-8,13,18H,9-10H2,(H,19,20). The van der Waals surface area contributed by atoms with Gasteiger partial charge >= 0.3 is 5.97 Å². The molecule has 2 rings (SSSR count). The van der Waals surface area contributed by atoms with Crippen LogP contribution in [-0.2, 0) is 17.6 Å². The fourth-order valence-corrected chi connectivity index (χ4v) is 2.31. The lowest BCUT2D eigenvalue weighted by Gasteiger charge is -2.13. The molecule has 0 aromatic heterocycles. The van der Waals surface area contributed by atoms with Crippen molar-refractivity contribution in [3.63, 3.8) is 0 Å². The molecule has 0 fully saturated rings. The zero-order valence-corrected chi connectivity index (χ0v) is 11.5. The number of hydrogen-bond donors (Lipinski definition) is 2. The molecule has 104 valence electrons. The molecule has 0 aliphatic rings. The fraction of sp³-hybridized carbons (Fsp3) is 0.188. The molecule has 20 heavy (non-hydrogen) atoms. The molecular weight excluding hydrogens is 276 g/mol.